The summed E-state index contributed by atoms with van der Waals surface area (Å²) < 4.78 is 10.6. The zero-order valence-corrected chi connectivity index (χ0v) is 14.0. The van der Waals surface area contributed by atoms with Gasteiger partial charge in [-0.1, -0.05) is 12.1 Å². The van der Waals surface area contributed by atoms with E-state index in [1.165, 1.54) is 11.0 Å². The molecular formula is C19H18N2O5. The standard InChI is InChI=1S/C19H18N2O5/c22-15-6-2-1-4-13(15)19(24)21-9-3-5-14(21)18(23)20-12-7-8-16-17(10-12)26-11-25-16/h1-2,4,6-8,10,14,22H,3,5,9,11H2,(H,20,23). The van der Waals surface area contributed by atoms with Crippen LogP contribution in [0.3, 0.4) is 0 Å². The number of phenols is 1. The normalized spacial score (nSPS) is 18.0. The van der Waals surface area contributed by atoms with Crippen LogP contribution in [0.1, 0.15) is 23.2 Å². The fourth-order valence-corrected chi connectivity index (χ4v) is 3.29. The maximum Gasteiger partial charge on any atom is 0.258 e. The number of fused-ring (bicyclic) bond motifs is 1. The van der Waals surface area contributed by atoms with Gasteiger partial charge in [-0.25, -0.2) is 0 Å². The Morgan fingerprint density at radius 2 is 1.92 bits per heavy atom. The van der Waals surface area contributed by atoms with Crippen LogP contribution in [0.15, 0.2) is 42.5 Å². The van der Waals surface area contributed by atoms with Crippen molar-refractivity contribution in [2.24, 2.45) is 0 Å². The number of hydrogen-bond acceptors (Lipinski definition) is 5. The van der Waals surface area contributed by atoms with Gasteiger partial charge in [-0.05, 0) is 37.1 Å². The summed E-state index contributed by atoms with van der Waals surface area (Å²) in [6.07, 6.45) is 1.31. The second-order valence-electron chi connectivity index (χ2n) is 6.23. The molecule has 2 aromatic carbocycles. The van der Waals surface area contributed by atoms with Gasteiger partial charge < -0.3 is 24.8 Å². The molecule has 0 bridgehead atoms. The third-order valence-corrected chi connectivity index (χ3v) is 4.59. The van der Waals surface area contributed by atoms with E-state index in [0.29, 0.717) is 30.2 Å². The molecule has 2 amide bonds. The van der Waals surface area contributed by atoms with E-state index < -0.39 is 6.04 Å². The fraction of sp³-hybridized carbons (Fsp3) is 0.263. The topological polar surface area (TPSA) is 88.1 Å². The highest BCUT2D eigenvalue weighted by molar-refractivity contribution is 6.02. The average Bonchev–Trinajstić information content (AvgIpc) is 3.30. The van der Waals surface area contributed by atoms with Gasteiger partial charge in [0.1, 0.15) is 11.8 Å². The highest BCUT2D eigenvalue weighted by atomic mass is 16.7. The van der Waals surface area contributed by atoms with Crippen LogP contribution in [0.4, 0.5) is 5.69 Å². The molecule has 2 heterocycles. The first-order valence-electron chi connectivity index (χ1n) is 8.43. The first-order chi connectivity index (χ1) is 12.6. The molecule has 0 spiro atoms. The predicted molar refractivity (Wildman–Crippen MR) is 93.4 cm³/mol. The van der Waals surface area contributed by atoms with Crippen LogP contribution in [0.5, 0.6) is 17.2 Å². The monoisotopic (exact) mass is 354 g/mol. The molecule has 2 aliphatic rings. The van der Waals surface area contributed by atoms with Gasteiger partial charge in [-0.2, -0.15) is 0 Å². The van der Waals surface area contributed by atoms with Gasteiger partial charge in [0.05, 0.1) is 5.56 Å². The average molecular weight is 354 g/mol. The van der Waals surface area contributed by atoms with Crippen LogP contribution in [-0.4, -0.2) is 41.2 Å². The molecular weight excluding hydrogens is 336 g/mol. The highest BCUT2D eigenvalue weighted by Gasteiger charge is 2.35. The molecule has 2 aromatic rings. The van der Waals surface area contributed by atoms with Gasteiger partial charge >= 0.3 is 0 Å². The summed E-state index contributed by atoms with van der Waals surface area (Å²) in [5.41, 5.74) is 0.788. The SMILES string of the molecule is O=C(Nc1ccc2c(c1)OCO2)C1CCCN1C(=O)c1ccccc1O. The van der Waals surface area contributed by atoms with Crippen LogP contribution in [0.2, 0.25) is 0 Å². The zero-order chi connectivity index (χ0) is 18.1. The Labute approximate surface area is 150 Å². The number of likely N-dealkylation sites (tertiary alicyclic amines) is 1. The second-order valence-corrected chi connectivity index (χ2v) is 6.23. The molecule has 0 aliphatic carbocycles. The van der Waals surface area contributed by atoms with E-state index in [9.17, 15) is 14.7 Å². The van der Waals surface area contributed by atoms with Gasteiger partial charge in [-0.15, -0.1) is 0 Å². The number of ether oxygens (including phenoxy) is 2. The van der Waals surface area contributed by atoms with Crippen molar-refractivity contribution in [3.05, 3.63) is 48.0 Å². The maximum atomic E-state index is 12.7. The molecule has 0 aromatic heterocycles. The second kappa shape index (κ2) is 6.59. The number of carbonyl (C=O) groups excluding carboxylic acids is 2. The number of anilines is 1. The Morgan fingerprint density at radius 3 is 2.77 bits per heavy atom. The van der Waals surface area contributed by atoms with Crippen LogP contribution in [0, 0.1) is 0 Å². The van der Waals surface area contributed by atoms with Crippen molar-refractivity contribution >= 4 is 17.5 Å². The zero-order valence-electron chi connectivity index (χ0n) is 14.0. The molecule has 26 heavy (non-hydrogen) atoms. The van der Waals surface area contributed by atoms with E-state index in [1.54, 1.807) is 36.4 Å². The highest BCUT2D eigenvalue weighted by Crippen LogP contribution is 2.34. The lowest BCUT2D eigenvalue weighted by Crippen LogP contribution is -2.43. The Hall–Kier alpha value is -3.22. The van der Waals surface area contributed by atoms with Crippen molar-refractivity contribution < 1.29 is 24.2 Å². The number of aromatic hydroxyl groups is 1. The van der Waals surface area contributed by atoms with Crippen molar-refractivity contribution in [2.45, 2.75) is 18.9 Å². The van der Waals surface area contributed by atoms with Crippen molar-refractivity contribution in [1.29, 1.82) is 0 Å². The van der Waals surface area contributed by atoms with E-state index in [1.807, 2.05) is 0 Å². The summed E-state index contributed by atoms with van der Waals surface area (Å²) in [5, 5.41) is 12.8. The lowest BCUT2D eigenvalue weighted by atomic mass is 10.1. The van der Waals surface area contributed by atoms with Gasteiger partial charge in [0.15, 0.2) is 11.5 Å². The van der Waals surface area contributed by atoms with Gasteiger partial charge in [-0.3, -0.25) is 9.59 Å². The van der Waals surface area contributed by atoms with E-state index in [2.05, 4.69) is 5.32 Å². The van der Waals surface area contributed by atoms with E-state index in [0.717, 1.165) is 6.42 Å². The van der Waals surface area contributed by atoms with Crippen LogP contribution < -0.4 is 14.8 Å². The Kier molecular flexibility index (Phi) is 4.12. The minimum Gasteiger partial charge on any atom is -0.507 e. The number of phenolic OH excluding ortho intramolecular Hbond substituents is 1. The number of para-hydroxylation sites is 1. The Balaban J connectivity index is 1.50. The summed E-state index contributed by atoms with van der Waals surface area (Å²) in [4.78, 5) is 27.0. The lowest BCUT2D eigenvalue weighted by molar-refractivity contribution is -0.119. The summed E-state index contributed by atoms with van der Waals surface area (Å²) in [6, 6.07) is 10.9. The number of benzene rings is 2. The van der Waals surface area contributed by atoms with Gasteiger partial charge in [0.25, 0.3) is 5.91 Å². The van der Waals surface area contributed by atoms with Crippen molar-refractivity contribution in [3.63, 3.8) is 0 Å². The molecule has 2 N–H and O–H groups in total. The molecule has 1 fully saturated rings. The van der Waals surface area contributed by atoms with E-state index in [4.69, 9.17) is 9.47 Å². The summed E-state index contributed by atoms with van der Waals surface area (Å²) in [6.45, 7) is 0.643. The van der Waals surface area contributed by atoms with Gasteiger partial charge in [0, 0.05) is 18.3 Å². The number of hydrogen-bond donors (Lipinski definition) is 2. The summed E-state index contributed by atoms with van der Waals surface area (Å²) >= 11 is 0. The molecule has 7 nitrogen and oxygen atoms in total. The van der Waals surface area contributed by atoms with Crippen molar-refractivity contribution in [3.8, 4) is 17.2 Å². The molecule has 2 aliphatic heterocycles. The smallest absolute Gasteiger partial charge is 0.258 e. The van der Waals surface area contributed by atoms with Crippen molar-refractivity contribution in [1.82, 2.24) is 4.90 Å². The summed E-state index contributed by atoms with van der Waals surface area (Å²) in [7, 11) is 0. The van der Waals surface area contributed by atoms with Gasteiger partial charge in [0.2, 0.25) is 12.7 Å². The first-order valence-corrected chi connectivity index (χ1v) is 8.43. The summed E-state index contributed by atoms with van der Waals surface area (Å²) in [5.74, 6) is 0.535. The Bertz CT molecular complexity index is 867. The van der Waals surface area contributed by atoms with E-state index in [-0.39, 0.29) is 29.9 Å². The lowest BCUT2D eigenvalue weighted by Gasteiger charge is -2.24. The molecule has 1 atom stereocenters. The third-order valence-electron chi connectivity index (χ3n) is 4.59. The molecule has 4 rings (SSSR count). The van der Waals surface area contributed by atoms with E-state index >= 15 is 0 Å². The number of rotatable bonds is 3. The Morgan fingerprint density at radius 1 is 1.12 bits per heavy atom. The van der Waals surface area contributed by atoms with Crippen LogP contribution >= 0.6 is 0 Å². The largest absolute Gasteiger partial charge is 0.507 e. The molecule has 0 radical (unpaired) electrons. The molecule has 1 saturated heterocycles. The van der Waals surface area contributed by atoms with Crippen LogP contribution in [-0.2, 0) is 4.79 Å². The first kappa shape index (κ1) is 16.3. The number of carbonyl (C=O) groups is 2. The number of nitrogens with zero attached hydrogens (tertiary/aromatic N) is 1. The fourth-order valence-electron chi connectivity index (χ4n) is 3.29. The number of amides is 2. The predicted octanol–water partition coefficient (Wildman–Crippen LogP) is 2.36. The van der Waals surface area contributed by atoms with Crippen molar-refractivity contribution in [2.75, 3.05) is 18.7 Å². The van der Waals surface area contributed by atoms with Crippen LogP contribution in [0.25, 0.3) is 0 Å². The minimum absolute atomic E-state index is 0.0840. The molecule has 7 heteroatoms. The minimum atomic E-state index is -0.576. The quantitative estimate of drug-likeness (QED) is 0.883. The molecule has 0 saturated carbocycles. The molecule has 134 valence electrons. The number of nitrogens with one attached hydrogen (secondary N) is 1. The molecule has 1 unspecified atom stereocenters. The maximum absolute atomic E-state index is 12.7. The third kappa shape index (κ3) is 2.92.